The van der Waals surface area contributed by atoms with E-state index in [2.05, 4.69) is 4.74 Å². The summed E-state index contributed by atoms with van der Waals surface area (Å²) >= 11 is 0. The Labute approximate surface area is 155 Å². The summed E-state index contributed by atoms with van der Waals surface area (Å²) in [6, 6.07) is 7.59. The highest BCUT2D eigenvalue weighted by Crippen LogP contribution is 2.49. The van der Waals surface area contributed by atoms with Gasteiger partial charge in [0.15, 0.2) is 0 Å². The van der Waals surface area contributed by atoms with Crippen molar-refractivity contribution in [1.29, 1.82) is 0 Å². The topological polar surface area (TPSA) is 61.5 Å². The molecule has 0 heterocycles. The molecule has 0 saturated carbocycles. The molecule has 0 aromatic heterocycles. The van der Waals surface area contributed by atoms with Gasteiger partial charge in [0.05, 0.1) is 0 Å². The Kier molecular flexibility index (Phi) is 4.80. The number of aryl methyl sites for hydroxylation is 1. The van der Waals surface area contributed by atoms with Crippen LogP contribution < -0.4 is 10.5 Å². The molecule has 144 valence electrons. The fraction of sp³-hybridized carbons (Fsp3) is 0.350. The van der Waals surface area contributed by atoms with Crippen LogP contribution in [0.1, 0.15) is 36.6 Å². The lowest BCUT2D eigenvalue weighted by Crippen LogP contribution is -2.25. The van der Waals surface area contributed by atoms with Crippen molar-refractivity contribution in [3.05, 3.63) is 52.8 Å². The largest absolute Gasteiger partial charge is 0.441 e. The average Bonchev–Trinajstić information content (AvgIpc) is 2.78. The number of hydrogen-bond donors (Lipinski definition) is 1. The van der Waals surface area contributed by atoms with Gasteiger partial charge in [-0.05, 0) is 59.9 Å². The number of carbonyl (C=O) groups excluding carboxylic acids is 1. The second-order valence-electron chi connectivity index (χ2n) is 7.37. The molecule has 0 radical (unpaired) electrons. The van der Waals surface area contributed by atoms with Crippen molar-refractivity contribution in [2.75, 3.05) is 0 Å². The lowest BCUT2D eigenvalue weighted by Gasteiger charge is -2.26. The van der Waals surface area contributed by atoms with E-state index in [0.29, 0.717) is 28.7 Å². The summed E-state index contributed by atoms with van der Waals surface area (Å²) in [6.45, 7) is 2.53. The van der Waals surface area contributed by atoms with Crippen LogP contribution in [0.25, 0.3) is 11.1 Å². The van der Waals surface area contributed by atoms with E-state index in [9.17, 15) is 18.0 Å². The maximum Gasteiger partial charge on any atom is 0.405 e. The summed E-state index contributed by atoms with van der Waals surface area (Å²) in [5, 5.41) is 0. The molecule has 0 spiro atoms. The van der Waals surface area contributed by atoms with E-state index in [0.717, 1.165) is 5.56 Å². The van der Waals surface area contributed by atoms with Crippen LogP contribution in [0.15, 0.2) is 30.3 Å². The molecule has 1 aliphatic rings. The highest BCUT2D eigenvalue weighted by atomic mass is 19.3. The van der Waals surface area contributed by atoms with Crippen molar-refractivity contribution in [2.24, 2.45) is 11.1 Å². The number of halogens is 3. The zero-order chi connectivity index (χ0) is 19.9. The fourth-order valence-corrected chi connectivity index (χ4v) is 3.64. The first-order valence-electron chi connectivity index (χ1n) is 8.43. The van der Waals surface area contributed by atoms with Crippen molar-refractivity contribution in [2.45, 2.75) is 39.9 Å². The highest BCUT2D eigenvalue weighted by molar-refractivity contribution is 5.69. The normalized spacial score (nSPS) is 17.7. The molecular weight excluding hydrogens is 359 g/mol. The van der Waals surface area contributed by atoms with Gasteiger partial charge in [0.1, 0.15) is 17.7 Å². The molecule has 0 unspecified atom stereocenters. The summed E-state index contributed by atoms with van der Waals surface area (Å²) in [5.41, 5.74) is 7.54. The van der Waals surface area contributed by atoms with Gasteiger partial charge < -0.3 is 15.2 Å². The van der Waals surface area contributed by atoms with Gasteiger partial charge in [-0.15, -0.1) is 0 Å². The summed E-state index contributed by atoms with van der Waals surface area (Å²) < 4.78 is 49.3. The summed E-state index contributed by atoms with van der Waals surface area (Å²) in [5.74, 6) is -0.446. The minimum Gasteiger partial charge on any atom is -0.441 e. The first kappa shape index (κ1) is 19.1. The van der Waals surface area contributed by atoms with E-state index in [-0.39, 0.29) is 5.75 Å². The molecular formula is C20H20F3NO3. The predicted octanol–water partition coefficient (Wildman–Crippen LogP) is 5.12. The van der Waals surface area contributed by atoms with Crippen LogP contribution in [-0.2, 0) is 11.2 Å². The lowest BCUT2D eigenvalue weighted by atomic mass is 9.87. The zero-order valence-electron chi connectivity index (χ0n) is 15.2. The first-order chi connectivity index (χ1) is 12.6. The van der Waals surface area contributed by atoms with Crippen LogP contribution in [-0.4, -0.2) is 12.7 Å². The van der Waals surface area contributed by atoms with Crippen LogP contribution in [0.2, 0.25) is 0 Å². The van der Waals surface area contributed by atoms with Crippen molar-refractivity contribution in [3.63, 3.8) is 0 Å². The van der Waals surface area contributed by atoms with Crippen molar-refractivity contribution < 1.29 is 27.4 Å². The van der Waals surface area contributed by atoms with Gasteiger partial charge in [0.25, 0.3) is 0 Å². The monoisotopic (exact) mass is 379 g/mol. The van der Waals surface area contributed by atoms with Gasteiger partial charge in [-0.1, -0.05) is 19.9 Å². The Morgan fingerprint density at radius 2 is 1.96 bits per heavy atom. The molecule has 2 N–H and O–H groups in total. The number of primary amides is 1. The third kappa shape index (κ3) is 3.72. The van der Waals surface area contributed by atoms with Gasteiger partial charge in [0, 0.05) is 11.0 Å². The Balaban J connectivity index is 2.01. The third-order valence-corrected chi connectivity index (χ3v) is 4.80. The minimum atomic E-state index is -2.92. The fourth-order valence-electron chi connectivity index (χ4n) is 3.64. The number of alkyl halides is 2. The second kappa shape index (κ2) is 6.79. The summed E-state index contributed by atoms with van der Waals surface area (Å²) in [7, 11) is 0. The number of ether oxygens (including phenoxy) is 2. The lowest BCUT2D eigenvalue weighted by molar-refractivity contribution is -0.0502. The van der Waals surface area contributed by atoms with Crippen LogP contribution in [0.3, 0.4) is 0 Å². The Morgan fingerprint density at radius 1 is 1.26 bits per heavy atom. The van der Waals surface area contributed by atoms with Crippen molar-refractivity contribution in [3.8, 4) is 16.9 Å². The minimum absolute atomic E-state index is 0.0476. The maximum absolute atomic E-state index is 14.8. The number of amides is 1. The van der Waals surface area contributed by atoms with E-state index >= 15 is 0 Å². The molecule has 1 atom stereocenters. The average molecular weight is 379 g/mol. The number of carbonyl (C=O) groups is 1. The smallest absolute Gasteiger partial charge is 0.405 e. The molecule has 0 bridgehead atoms. The zero-order valence-corrected chi connectivity index (χ0v) is 15.2. The number of hydrogen-bond acceptors (Lipinski definition) is 3. The molecule has 1 amide bonds. The highest BCUT2D eigenvalue weighted by Gasteiger charge is 2.42. The van der Waals surface area contributed by atoms with Gasteiger partial charge in [0.2, 0.25) is 0 Å². The number of rotatable bonds is 4. The molecule has 0 aliphatic heterocycles. The maximum atomic E-state index is 14.8. The third-order valence-electron chi connectivity index (χ3n) is 4.80. The van der Waals surface area contributed by atoms with Gasteiger partial charge >= 0.3 is 12.7 Å². The summed E-state index contributed by atoms with van der Waals surface area (Å²) in [4.78, 5) is 11.2. The Bertz CT molecular complexity index is 896. The van der Waals surface area contributed by atoms with Crippen molar-refractivity contribution in [1.82, 2.24) is 0 Å². The van der Waals surface area contributed by atoms with E-state index in [1.165, 1.54) is 18.2 Å². The van der Waals surface area contributed by atoms with Crippen LogP contribution in [0, 0.1) is 18.2 Å². The predicted molar refractivity (Wildman–Crippen MR) is 94.1 cm³/mol. The first-order valence-corrected chi connectivity index (χ1v) is 8.43. The van der Waals surface area contributed by atoms with Gasteiger partial charge in [-0.25, -0.2) is 9.18 Å². The van der Waals surface area contributed by atoms with Crippen LogP contribution >= 0.6 is 0 Å². The van der Waals surface area contributed by atoms with Gasteiger partial charge in [-0.3, -0.25) is 0 Å². The SMILES string of the molecule is Cc1cc(-c2cc3c(cc2F)[C@H](OC(N)=O)C(C)(C)C3)ccc1OC(F)F. The Morgan fingerprint density at radius 3 is 2.56 bits per heavy atom. The van der Waals surface area contributed by atoms with Crippen LogP contribution in [0.4, 0.5) is 18.0 Å². The van der Waals surface area contributed by atoms with E-state index in [1.807, 2.05) is 13.8 Å². The standard InChI is InChI=1S/C20H20F3NO3/c1-10-6-11(4-5-16(10)26-18(22)23)13-7-12-9-20(2,3)17(27-19(24)25)14(12)8-15(13)21/h4-8,17-18H,9H2,1-3H3,(H2,24,25)/t17-/m0/s1. The molecule has 3 rings (SSSR count). The number of fused-ring (bicyclic) bond motifs is 1. The molecule has 0 saturated heterocycles. The quantitative estimate of drug-likeness (QED) is 0.802. The molecule has 2 aromatic rings. The van der Waals surface area contributed by atoms with E-state index in [1.54, 1.807) is 19.1 Å². The van der Waals surface area contributed by atoms with Crippen molar-refractivity contribution >= 4 is 6.09 Å². The molecule has 27 heavy (non-hydrogen) atoms. The van der Waals surface area contributed by atoms with Crippen LogP contribution in [0.5, 0.6) is 5.75 Å². The molecule has 0 fully saturated rings. The molecule has 2 aromatic carbocycles. The number of nitrogens with two attached hydrogens (primary N) is 1. The van der Waals surface area contributed by atoms with E-state index < -0.39 is 30.0 Å². The molecule has 4 nitrogen and oxygen atoms in total. The van der Waals surface area contributed by atoms with E-state index in [4.69, 9.17) is 10.5 Å². The Hall–Kier alpha value is -2.70. The molecule has 1 aliphatic carbocycles. The second-order valence-corrected chi connectivity index (χ2v) is 7.37. The van der Waals surface area contributed by atoms with Gasteiger partial charge in [-0.2, -0.15) is 8.78 Å². The number of benzene rings is 2. The molecule has 7 heteroatoms. The summed E-state index contributed by atoms with van der Waals surface area (Å²) in [6.07, 6.45) is -0.952.